The summed E-state index contributed by atoms with van der Waals surface area (Å²) in [5.41, 5.74) is 1.60. The van der Waals surface area contributed by atoms with E-state index in [1.54, 1.807) is 48.3 Å². The molecule has 0 aliphatic rings. The van der Waals surface area contributed by atoms with Crippen LogP contribution in [0.4, 0.5) is 15.8 Å². The van der Waals surface area contributed by atoms with Crippen molar-refractivity contribution in [1.29, 1.82) is 0 Å². The second kappa shape index (κ2) is 5.31. The van der Waals surface area contributed by atoms with E-state index >= 15 is 0 Å². The number of hydrogen-bond acceptors (Lipinski definition) is 2. The van der Waals surface area contributed by atoms with Crippen molar-refractivity contribution in [3.63, 3.8) is 0 Å². The van der Waals surface area contributed by atoms with Gasteiger partial charge in [-0.3, -0.25) is 4.79 Å². The summed E-state index contributed by atoms with van der Waals surface area (Å²) in [6.07, 6.45) is 0.763. The summed E-state index contributed by atoms with van der Waals surface area (Å²) >= 11 is 3.35. The van der Waals surface area contributed by atoms with E-state index in [9.17, 15) is 9.18 Å². The van der Waals surface area contributed by atoms with E-state index in [0.29, 0.717) is 16.9 Å². The molecule has 92 valence electrons. The molecule has 18 heavy (non-hydrogen) atoms. The van der Waals surface area contributed by atoms with Gasteiger partial charge in [0.05, 0.1) is 11.4 Å². The first-order valence-corrected chi connectivity index (χ1v) is 6.16. The van der Waals surface area contributed by atoms with Crippen molar-refractivity contribution in [2.75, 3.05) is 11.9 Å². The Balaban J connectivity index is 2.52. The van der Waals surface area contributed by atoms with Crippen molar-refractivity contribution in [3.05, 3.63) is 58.3 Å². The summed E-state index contributed by atoms with van der Waals surface area (Å²) < 4.78 is 14.6. The monoisotopic (exact) mass is 307 g/mol. The van der Waals surface area contributed by atoms with Crippen molar-refractivity contribution in [2.45, 2.75) is 0 Å². The standard InChI is InChI=1S/C14H11BrFNO/c1-17(13-5-3-2-4-12(13)16)14-8-11(15)7-6-10(14)9-18/h2-9H,1H3. The number of rotatable bonds is 3. The Morgan fingerprint density at radius 1 is 1.17 bits per heavy atom. The van der Waals surface area contributed by atoms with E-state index < -0.39 is 0 Å². The number of carbonyl (C=O) groups is 1. The number of aldehydes is 1. The summed E-state index contributed by atoms with van der Waals surface area (Å²) in [5.74, 6) is -0.322. The van der Waals surface area contributed by atoms with Crippen LogP contribution < -0.4 is 4.90 Å². The van der Waals surface area contributed by atoms with Gasteiger partial charge in [-0.2, -0.15) is 0 Å². The number of para-hydroxylation sites is 1. The molecule has 0 amide bonds. The summed E-state index contributed by atoms with van der Waals surface area (Å²) in [6.45, 7) is 0. The number of nitrogens with zero attached hydrogens (tertiary/aromatic N) is 1. The number of benzene rings is 2. The zero-order chi connectivity index (χ0) is 13.1. The van der Waals surface area contributed by atoms with Gasteiger partial charge in [0.2, 0.25) is 0 Å². The molecule has 2 rings (SSSR count). The van der Waals surface area contributed by atoms with Crippen molar-refractivity contribution >= 4 is 33.6 Å². The lowest BCUT2D eigenvalue weighted by molar-refractivity contribution is 0.112. The highest BCUT2D eigenvalue weighted by Gasteiger charge is 2.12. The average molecular weight is 308 g/mol. The van der Waals surface area contributed by atoms with E-state index in [2.05, 4.69) is 15.9 Å². The third-order valence-corrected chi connectivity index (χ3v) is 3.19. The fraction of sp³-hybridized carbons (Fsp3) is 0.0714. The molecule has 0 atom stereocenters. The third kappa shape index (κ3) is 2.43. The minimum atomic E-state index is -0.322. The summed E-state index contributed by atoms with van der Waals surface area (Å²) in [5, 5.41) is 0. The first-order valence-electron chi connectivity index (χ1n) is 5.36. The molecule has 0 saturated heterocycles. The molecular formula is C14H11BrFNO. The Morgan fingerprint density at radius 3 is 2.56 bits per heavy atom. The Morgan fingerprint density at radius 2 is 1.89 bits per heavy atom. The van der Waals surface area contributed by atoms with Gasteiger partial charge >= 0.3 is 0 Å². The van der Waals surface area contributed by atoms with Gasteiger partial charge in [0.25, 0.3) is 0 Å². The zero-order valence-electron chi connectivity index (χ0n) is 9.73. The molecule has 0 fully saturated rings. The fourth-order valence-electron chi connectivity index (χ4n) is 1.76. The molecule has 4 heteroatoms. The Kier molecular flexibility index (Phi) is 3.77. The van der Waals surface area contributed by atoms with Crippen LogP contribution in [-0.4, -0.2) is 13.3 Å². The highest BCUT2D eigenvalue weighted by atomic mass is 79.9. The van der Waals surface area contributed by atoms with Crippen molar-refractivity contribution in [1.82, 2.24) is 0 Å². The van der Waals surface area contributed by atoms with Gasteiger partial charge in [0.15, 0.2) is 6.29 Å². The first kappa shape index (κ1) is 12.8. The quantitative estimate of drug-likeness (QED) is 0.793. The van der Waals surface area contributed by atoms with Crippen LogP contribution in [0.15, 0.2) is 46.9 Å². The summed E-state index contributed by atoms with van der Waals surface area (Å²) in [7, 11) is 1.73. The summed E-state index contributed by atoms with van der Waals surface area (Å²) in [6, 6.07) is 11.7. The van der Waals surface area contributed by atoms with Crippen LogP contribution >= 0.6 is 15.9 Å². The van der Waals surface area contributed by atoms with Crippen LogP contribution in [0.1, 0.15) is 10.4 Å². The van der Waals surface area contributed by atoms with E-state index in [1.165, 1.54) is 6.07 Å². The molecule has 2 aromatic carbocycles. The van der Waals surface area contributed by atoms with E-state index in [1.807, 2.05) is 0 Å². The van der Waals surface area contributed by atoms with Crippen molar-refractivity contribution < 1.29 is 9.18 Å². The average Bonchev–Trinajstić information content (AvgIpc) is 2.38. The molecule has 0 spiro atoms. The summed E-state index contributed by atoms with van der Waals surface area (Å²) in [4.78, 5) is 12.7. The maximum Gasteiger partial charge on any atom is 0.152 e. The largest absolute Gasteiger partial charge is 0.342 e. The molecule has 0 N–H and O–H groups in total. The molecule has 0 saturated carbocycles. The lowest BCUT2D eigenvalue weighted by Crippen LogP contribution is -2.13. The van der Waals surface area contributed by atoms with Gasteiger partial charge in [-0.1, -0.05) is 28.1 Å². The second-order valence-electron chi connectivity index (χ2n) is 3.83. The van der Waals surface area contributed by atoms with Gasteiger partial charge in [-0.15, -0.1) is 0 Å². The van der Waals surface area contributed by atoms with Crippen LogP contribution in [-0.2, 0) is 0 Å². The highest BCUT2D eigenvalue weighted by Crippen LogP contribution is 2.30. The lowest BCUT2D eigenvalue weighted by Gasteiger charge is -2.21. The number of carbonyl (C=O) groups excluding carboxylic acids is 1. The molecule has 0 aliphatic carbocycles. The molecular weight excluding hydrogens is 297 g/mol. The normalized spacial score (nSPS) is 10.2. The predicted octanol–water partition coefficient (Wildman–Crippen LogP) is 4.17. The fourth-order valence-corrected chi connectivity index (χ4v) is 2.11. The van der Waals surface area contributed by atoms with E-state index in [-0.39, 0.29) is 5.82 Å². The third-order valence-electron chi connectivity index (χ3n) is 2.69. The molecule has 2 nitrogen and oxygen atoms in total. The van der Waals surface area contributed by atoms with Crippen LogP contribution in [0.5, 0.6) is 0 Å². The SMILES string of the molecule is CN(c1ccccc1F)c1cc(Br)ccc1C=O. The molecule has 0 bridgehead atoms. The van der Waals surface area contributed by atoms with Crippen LogP contribution in [0.2, 0.25) is 0 Å². The maximum atomic E-state index is 13.7. The van der Waals surface area contributed by atoms with Gasteiger partial charge in [-0.25, -0.2) is 4.39 Å². The number of anilines is 2. The number of hydrogen-bond donors (Lipinski definition) is 0. The van der Waals surface area contributed by atoms with Crippen LogP contribution in [0.3, 0.4) is 0 Å². The zero-order valence-corrected chi connectivity index (χ0v) is 11.3. The molecule has 2 aromatic rings. The Hall–Kier alpha value is -1.68. The van der Waals surface area contributed by atoms with Crippen molar-refractivity contribution in [3.8, 4) is 0 Å². The maximum absolute atomic E-state index is 13.7. The van der Waals surface area contributed by atoms with Gasteiger partial charge < -0.3 is 4.90 Å². The van der Waals surface area contributed by atoms with Crippen LogP contribution in [0.25, 0.3) is 0 Å². The van der Waals surface area contributed by atoms with Gasteiger partial charge in [-0.05, 0) is 30.3 Å². The molecule has 0 aliphatic heterocycles. The van der Waals surface area contributed by atoms with E-state index in [0.717, 1.165) is 10.8 Å². The first-order chi connectivity index (χ1) is 8.63. The Labute approximate surface area is 113 Å². The van der Waals surface area contributed by atoms with E-state index in [4.69, 9.17) is 0 Å². The second-order valence-corrected chi connectivity index (χ2v) is 4.75. The molecule has 0 heterocycles. The van der Waals surface area contributed by atoms with Crippen LogP contribution in [0, 0.1) is 5.82 Å². The molecule has 0 radical (unpaired) electrons. The Bertz CT molecular complexity index is 586. The minimum Gasteiger partial charge on any atom is -0.342 e. The topological polar surface area (TPSA) is 20.3 Å². The van der Waals surface area contributed by atoms with Crippen molar-refractivity contribution in [2.24, 2.45) is 0 Å². The number of halogens is 2. The van der Waals surface area contributed by atoms with Gasteiger partial charge in [0, 0.05) is 17.1 Å². The molecule has 0 aromatic heterocycles. The predicted molar refractivity (Wildman–Crippen MR) is 74.0 cm³/mol. The molecule has 0 unspecified atom stereocenters. The minimum absolute atomic E-state index is 0.322. The lowest BCUT2D eigenvalue weighted by atomic mass is 10.1. The highest BCUT2D eigenvalue weighted by molar-refractivity contribution is 9.10. The smallest absolute Gasteiger partial charge is 0.152 e. The van der Waals surface area contributed by atoms with Gasteiger partial charge in [0.1, 0.15) is 5.82 Å².